The summed E-state index contributed by atoms with van der Waals surface area (Å²) < 4.78 is 5.52. The first-order chi connectivity index (χ1) is 13.9. The summed E-state index contributed by atoms with van der Waals surface area (Å²) >= 11 is 0. The molecule has 0 unspecified atom stereocenters. The second-order valence-electron chi connectivity index (χ2n) is 10.00. The molecule has 0 saturated heterocycles. The Hall–Kier alpha value is -2.43. The third-order valence-electron chi connectivity index (χ3n) is 6.82. The Morgan fingerprint density at radius 1 is 1.23 bits per heavy atom. The SMILES string of the molecule is CC(C)=CC(=O)OC[C@@]1(C)CCC[C@]2(C)C3=C(O)C(=O)C(C(C)C)=CC3=CC(=O)[C@@H]12. The average molecular weight is 413 g/mol. The summed E-state index contributed by atoms with van der Waals surface area (Å²) in [6.45, 7) is 11.5. The Morgan fingerprint density at radius 2 is 1.90 bits per heavy atom. The summed E-state index contributed by atoms with van der Waals surface area (Å²) in [6, 6.07) is 0. The van der Waals surface area contributed by atoms with Crippen LogP contribution in [0.3, 0.4) is 0 Å². The number of esters is 1. The second kappa shape index (κ2) is 7.68. The monoisotopic (exact) mass is 412 g/mol. The second-order valence-corrected chi connectivity index (χ2v) is 10.00. The van der Waals surface area contributed by atoms with Crippen LogP contribution < -0.4 is 0 Å². The topological polar surface area (TPSA) is 80.7 Å². The highest BCUT2D eigenvalue weighted by Gasteiger charge is 2.58. The van der Waals surface area contributed by atoms with Crippen molar-refractivity contribution < 1.29 is 24.2 Å². The maximum absolute atomic E-state index is 13.3. The van der Waals surface area contributed by atoms with Crippen LogP contribution in [0.15, 0.2) is 46.3 Å². The predicted molar refractivity (Wildman–Crippen MR) is 115 cm³/mol. The molecule has 0 aromatic heterocycles. The molecule has 0 heterocycles. The van der Waals surface area contributed by atoms with Crippen LogP contribution in [0.1, 0.15) is 60.8 Å². The van der Waals surface area contributed by atoms with Crippen molar-refractivity contribution in [1.82, 2.24) is 0 Å². The number of allylic oxidation sites excluding steroid dienone is 6. The molecular weight excluding hydrogens is 380 g/mol. The summed E-state index contributed by atoms with van der Waals surface area (Å²) in [7, 11) is 0. The van der Waals surface area contributed by atoms with Crippen LogP contribution in [0.25, 0.3) is 0 Å². The fourth-order valence-corrected chi connectivity index (χ4v) is 5.58. The molecule has 1 fully saturated rings. The first kappa shape index (κ1) is 22.3. The van der Waals surface area contributed by atoms with Crippen molar-refractivity contribution in [3.8, 4) is 0 Å². The van der Waals surface area contributed by atoms with Gasteiger partial charge in [-0.25, -0.2) is 4.79 Å². The molecule has 30 heavy (non-hydrogen) atoms. The quantitative estimate of drug-likeness (QED) is 0.530. The maximum atomic E-state index is 13.3. The van der Waals surface area contributed by atoms with Gasteiger partial charge in [-0.15, -0.1) is 0 Å². The number of fused-ring (bicyclic) bond motifs is 3. The summed E-state index contributed by atoms with van der Waals surface area (Å²) in [4.78, 5) is 38.3. The lowest BCUT2D eigenvalue weighted by Gasteiger charge is -2.54. The Balaban J connectivity index is 2.04. The van der Waals surface area contributed by atoms with Crippen molar-refractivity contribution in [2.24, 2.45) is 22.7 Å². The van der Waals surface area contributed by atoms with Gasteiger partial charge in [-0.05, 0) is 50.3 Å². The molecule has 5 heteroatoms. The van der Waals surface area contributed by atoms with Gasteiger partial charge in [0.25, 0.3) is 0 Å². The fraction of sp³-hybridized carbons (Fsp3) is 0.560. The van der Waals surface area contributed by atoms with E-state index in [9.17, 15) is 19.5 Å². The molecule has 0 spiro atoms. The van der Waals surface area contributed by atoms with E-state index >= 15 is 0 Å². The number of hydrogen-bond acceptors (Lipinski definition) is 5. The van der Waals surface area contributed by atoms with E-state index in [-0.39, 0.29) is 29.9 Å². The third kappa shape index (κ3) is 3.59. The standard InChI is InChI=1S/C25H32O5/c1-14(2)10-19(27)30-13-24(5)8-7-9-25(6)20-16(12-18(26)23(24)25)11-17(15(3)4)21(28)22(20)29/h10-12,15,23,29H,7-9,13H2,1-6H3/t23-,24+,25+/m0/s1. The van der Waals surface area contributed by atoms with Crippen LogP contribution in [0.4, 0.5) is 0 Å². The molecule has 3 aliphatic carbocycles. The van der Waals surface area contributed by atoms with Crippen LogP contribution in [0.2, 0.25) is 0 Å². The Morgan fingerprint density at radius 3 is 2.50 bits per heavy atom. The molecule has 0 aromatic carbocycles. The van der Waals surface area contributed by atoms with Crippen molar-refractivity contribution in [3.63, 3.8) is 0 Å². The van der Waals surface area contributed by atoms with E-state index in [1.165, 1.54) is 6.08 Å². The van der Waals surface area contributed by atoms with E-state index in [0.29, 0.717) is 23.1 Å². The molecule has 1 N–H and O–H groups in total. The van der Waals surface area contributed by atoms with Crippen LogP contribution in [0.5, 0.6) is 0 Å². The zero-order valence-electron chi connectivity index (χ0n) is 18.8. The van der Waals surface area contributed by atoms with Crippen molar-refractivity contribution in [1.29, 1.82) is 0 Å². The summed E-state index contributed by atoms with van der Waals surface area (Å²) in [5.41, 5.74) is 1.33. The molecule has 1 saturated carbocycles. The highest BCUT2D eigenvalue weighted by Crippen LogP contribution is 2.60. The van der Waals surface area contributed by atoms with Gasteiger partial charge in [0, 0.05) is 34.0 Å². The third-order valence-corrected chi connectivity index (χ3v) is 6.82. The number of Topliss-reactive ketones (excluding diaryl/α,β-unsaturated/α-hetero) is 1. The molecule has 0 aliphatic heterocycles. The lowest BCUT2D eigenvalue weighted by molar-refractivity contribution is -0.150. The van der Waals surface area contributed by atoms with Gasteiger partial charge in [0.1, 0.15) is 0 Å². The van der Waals surface area contributed by atoms with E-state index in [1.807, 2.05) is 41.5 Å². The van der Waals surface area contributed by atoms with Crippen molar-refractivity contribution in [2.45, 2.75) is 60.8 Å². The smallest absolute Gasteiger partial charge is 0.330 e. The summed E-state index contributed by atoms with van der Waals surface area (Å²) in [6.07, 6.45) is 7.01. The van der Waals surface area contributed by atoms with Gasteiger partial charge in [-0.2, -0.15) is 0 Å². The fourth-order valence-electron chi connectivity index (χ4n) is 5.58. The zero-order chi connectivity index (χ0) is 22.4. The number of aliphatic hydroxyl groups is 1. The number of rotatable bonds is 4. The van der Waals surface area contributed by atoms with Crippen LogP contribution in [-0.2, 0) is 19.1 Å². The van der Waals surface area contributed by atoms with Gasteiger partial charge in [-0.1, -0.05) is 39.7 Å². The normalized spacial score (nSPS) is 31.0. The molecule has 0 radical (unpaired) electrons. The number of ketones is 2. The van der Waals surface area contributed by atoms with Crippen molar-refractivity contribution in [3.05, 3.63) is 46.3 Å². The van der Waals surface area contributed by atoms with Gasteiger partial charge >= 0.3 is 5.97 Å². The largest absolute Gasteiger partial charge is 0.504 e. The number of carbonyl (C=O) groups excluding carboxylic acids is 3. The highest BCUT2D eigenvalue weighted by atomic mass is 16.5. The number of hydrogen-bond donors (Lipinski definition) is 1. The average Bonchev–Trinajstić information content (AvgIpc) is 2.61. The van der Waals surface area contributed by atoms with Crippen LogP contribution in [-0.4, -0.2) is 29.2 Å². The van der Waals surface area contributed by atoms with Gasteiger partial charge in [0.05, 0.1) is 6.61 Å². The van der Waals surface area contributed by atoms with Crippen molar-refractivity contribution >= 4 is 17.5 Å². The molecule has 3 atom stereocenters. The Bertz CT molecular complexity index is 925. The van der Waals surface area contributed by atoms with Gasteiger partial charge < -0.3 is 9.84 Å². The predicted octanol–water partition coefficient (Wildman–Crippen LogP) is 4.79. The molecular formula is C25H32O5. The summed E-state index contributed by atoms with van der Waals surface area (Å²) in [5.74, 6) is -1.55. The minimum Gasteiger partial charge on any atom is -0.504 e. The first-order valence-corrected chi connectivity index (χ1v) is 10.7. The first-order valence-electron chi connectivity index (χ1n) is 10.7. The number of carbonyl (C=O) groups is 3. The van der Waals surface area contributed by atoms with Crippen molar-refractivity contribution in [2.75, 3.05) is 6.61 Å². The number of ether oxygens (including phenoxy) is 1. The van der Waals surface area contributed by atoms with E-state index in [0.717, 1.165) is 18.4 Å². The van der Waals surface area contributed by atoms with E-state index in [2.05, 4.69) is 0 Å². The van der Waals surface area contributed by atoms with E-state index in [1.54, 1.807) is 12.2 Å². The summed E-state index contributed by atoms with van der Waals surface area (Å²) in [5, 5.41) is 10.9. The molecule has 0 aromatic rings. The lowest BCUT2D eigenvalue weighted by Crippen LogP contribution is -2.53. The Kier molecular flexibility index (Phi) is 5.70. The van der Waals surface area contributed by atoms with Gasteiger partial charge in [0.2, 0.25) is 5.78 Å². The minimum atomic E-state index is -0.685. The maximum Gasteiger partial charge on any atom is 0.330 e. The Labute approximate surface area is 178 Å². The zero-order valence-corrected chi connectivity index (χ0v) is 18.8. The van der Waals surface area contributed by atoms with E-state index in [4.69, 9.17) is 4.74 Å². The molecule has 5 nitrogen and oxygen atoms in total. The molecule has 3 aliphatic rings. The number of aliphatic hydroxyl groups excluding tert-OH is 1. The van der Waals surface area contributed by atoms with Crippen LogP contribution >= 0.6 is 0 Å². The van der Waals surface area contributed by atoms with Crippen LogP contribution in [0, 0.1) is 22.7 Å². The highest BCUT2D eigenvalue weighted by molar-refractivity contribution is 6.11. The molecule has 0 amide bonds. The molecule has 3 rings (SSSR count). The lowest BCUT2D eigenvalue weighted by atomic mass is 9.49. The minimum absolute atomic E-state index is 0.0294. The van der Waals surface area contributed by atoms with Gasteiger partial charge in [-0.3, -0.25) is 9.59 Å². The molecule has 0 bridgehead atoms. The van der Waals surface area contributed by atoms with Gasteiger partial charge in [0.15, 0.2) is 11.5 Å². The molecule has 162 valence electrons. The van der Waals surface area contributed by atoms with E-state index < -0.39 is 22.7 Å².